The van der Waals surface area contributed by atoms with Crippen LogP contribution in [0.15, 0.2) is 41.1 Å². The minimum atomic E-state index is 0.365. The van der Waals surface area contributed by atoms with Gasteiger partial charge in [0, 0.05) is 12.4 Å². The molecule has 0 atom stereocenters. The number of nitrogens with zero attached hydrogens (tertiary/aromatic N) is 3. The van der Waals surface area contributed by atoms with Gasteiger partial charge in [0.15, 0.2) is 0 Å². The first kappa shape index (κ1) is 14.1. The molecule has 21 heavy (non-hydrogen) atoms. The average molecular weight is 346 g/mol. The molecule has 0 aliphatic carbocycles. The predicted octanol–water partition coefficient (Wildman–Crippen LogP) is 4.72. The van der Waals surface area contributed by atoms with Crippen LogP contribution in [0.1, 0.15) is 31.0 Å². The maximum Gasteiger partial charge on any atom is 0.245 e. The molecule has 1 aromatic carbocycles. The summed E-state index contributed by atoms with van der Waals surface area (Å²) in [5.74, 6) is 1.67. The van der Waals surface area contributed by atoms with Crippen molar-refractivity contribution < 1.29 is 4.74 Å². The van der Waals surface area contributed by atoms with Gasteiger partial charge in [0.05, 0.1) is 10.2 Å². The van der Waals surface area contributed by atoms with Crippen LogP contribution in [0, 0.1) is 6.92 Å². The fourth-order valence-electron chi connectivity index (χ4n) is 2.07. The monoisotopic (exact) mass is 345 g/mol. The second-order valence-electron chi connectivity index (χ2n) is 5.32. The third-order valence-corrected chi connectivity index (χ3v) is 3.88. The van der Waals surface area contributed by atoms with E-state index in [0.717, 1.165) is 21.4 Å². The molecule has 2 heterocycles. The van der Waals surface area contributed by atoms with Gasteiger partial charge in [0.1, 0.15) is 11.3 Å². The zero-order chi connectivity index (χ0) is 15.0. The smallest absolute Gasteiger partial charge is 0.245 e. The van der Waals surface area contributed by atoms with Crippen LogP contribution in [0.25, 0.3) is 5.52 Å². The molecule has 0 amide bonds. The molecule has 0 spiro atoms. The summed E-state index contributed by atoms with van der Waals surface area (Å²) in [5, 5.41) is 4.54. The fourth-order valence-corrected chi connectivity index (χ4v) is 2.64. The zero-order valence-electron chi connectivity index (χ0n) is 12.2. The number of aryl methyl sites for hydroxylation is 1. The van der Waals surface area contributed by atoms with E-state index in [-0.39, 0.29) is 0 Å². The Labute approximate surface area is 131 Å². The number of hydrogen-bond donors (Lipinski definition) is 0. The molecular formula is C16H16BrN3O. The molecule has 108 valence electrons. The molecule has 0 saturated heterocycles. The number of halogens is 1. The normalized spacial score (nSPS) is 11.3. The van der Waals surface area contributed by atoms with E-state index in [0.29, 0.717) is 11.8 Å². The molecule has 0 bridgehead atoms. The zero-order valence-corrected chi connectivity index (χ0v) is 13.8. The second-order valence-corrected chi connectivity index (χ2v) is 6.18. The molecule has 0 unspecified atom stereocenters. The van der Waals surface area contributed by atoms with Crippen LogP contribution in [0.5, 0.6) is 11.6 Å². The van der Waals surface area contributed by atoms with Crippen LogP contribution >= 0.6 is 15.9 Å². The first-order valence-electron chi connectivity index (χ1n) is 6.83. The van der Waals surface area contributed by atoms with E-state index in [1.165, 1.54) is 5.56 Å². The minimum absolute atomic E-state index is 0.365. The standard InChI is InChI=1S/C16H16BrN3O/c1-10(2)13-9-14-16(18-6-7-20(14)19-13)21-15-5-4-11(3)8-12(15)17/h4-10H,1-3H3. The molecular weight excluding hydrogens is 330 g/mol. The quantitative estimate of drug-likeness (QED) is 0.689. The van der Waals surface area contributed by atoms with Crippen LogP contribution in [0.4, 0.5) is 0 Å². The largest absolute Gasteiger partial charge is 0.436 e. The second kappa shape index (κ2) is 5.48. The van der Waals surface area contributed by atoms with E-state index in [1.807, 2.05) is 37.4 Å². The van der Waals surface area contributed by atoms with Gasteiger partial charge in [0.25, 0.3) is 0 Å². The Hall–Kier alpha value is -1.88. The van der Waals surface area contributed by atoms with E-state index >= 15 is 0 Å². The molecule has 4 nitrogen and oxygen atoms in total. The topological polar surface area (TPSA) is 39.4 Å². The summed E-state index contributed by atoms with van der Waals surface area (Å²) in [6, 6.07) is 7.99. The highest BCUT2D eigenvalue weighted by molar-refractivity contribution is 9.10. The summed E-state index contributed by atoms with van der Waals surface area (Å²) in [7, 11) is 0. The van der Waals surface area contributed by atoms with E-state index in [2.05, 4.69) is 39.9 Å². The van der Waals surface area contributed by atoms with Crippen molar-refractivity contribution in [2.24, 2.45) is 0 Å². The molecule has 2 aromatic heterocycles. The third-order valence-electron chi connectivity index (χ3n) is 3.26. The van der Waals surface area contributed by atoms with Crippen LogP contribution in [0.3, 0.4) is 0 Å². The van der Waals surface area contributed by atoms with Gasteiger partial charge in [-0.05, 0) is 52.5 Å². The predicted molar refractivity (Wildman–Crippen MR) is 86.0 cm³/mol. The maximum absolute atomic E-state index is 5.95. The van der Waals surface area contributed by atoms with E-state index in [9.17, 15) is 0 Å². The molecule has 3 rings (SSSR count). The number of rotatable bonds is 3. The van der Waals surface area contributed by atoms with Crippen molar-refractivity contribution in [3.63, 3.8) is 0 Å². The lowest BCUT2D eigenvalue weighted by molar-refractivity contribution is 0.462. The average Bonchev–Trinajstić information content (AvgIpc) is 2.87. The molecule has 0 N–H and O–H groups in total. The number of aromatic nitrogens is 3. The van der Waals surface area contributed by atoms with Crippen LogP contribution in [0.2, 0.25) is 0 Å². The van der Waals surface area contributed by atoms with E-state index in [1.54, 1.807) is 10.7 Å². The van der Waals surface area contributed by atoms with Crippen LogP contribution in [-0.2, 0) is 0 Å². The molecule has 0 radical (unpaired) electrons. The third kappa shape index (κ3) is 2.78. The van der Waals surface area contributed by atoms with Crippen molar-refractivity contribution in [2.75, 3.05) is 0 Å². The number of hydrogen-bond acceptors (Lipinski definition) is 3. The Balaban J connectivity index is 2.04. The van der Waals surface area contributed by atoms with Crippen molar-refractivity contribution in [3.8, 4) is 11.6 Å². The Kier molecular flexibility index (Phi) is 3.68. The summed E-state index contributed by atoms with van der Waals surface area (Å²) < 4.78 is 8.67. The van der Waals surface area contributed by atoms with Crippen molar-refractivity contribution >= 4 is 21.4 Å². The molecule has 0 aliphatic heterocycles. The summed E-state index contributed by atoms with van der Waals surface area (Å²) >= 11 is 3.52. The van der Waals surface area contributed by atoms with Crippen molar-refractivity contribution in [1.82, 2.24) is 14.6 Å². The summed E-state index contributed by atoms with van der Waals surface area (Å²) in [5.41, 5.74) is 3.07. The van der Waals surface area contributed by atoms with Gasteiger partial charge >= 0.3 is 0 Å². The Bertz CT molecular complexity index is 795. The summed E-state index contributed by atoms with van der Waals surface area (Å²) in [4.78, 5) is 4.33. The van der Waals surface area contributed by atoms with Gasteiger partial charge in [-0.3, -0.25) is 0 Å². The van der Waals surface area contributed by atoms with Crippen molar-refractivity contribution in [3.05, 3.63) is 52.4 Å². The lowest BCUT2D eigenvalue weighted by atomic mass is 10.1. The Morgan fingerprint density at radius 3 is 2.76 bits per heavy atom. The van der Waals surface area contributed by atoms with Gasteiger partial charge in [-0.25, -0.2) is 9.50 Å². The highest BCUT2D eigenvalue weighted by Gasteiger charge is 2.12. The number of benzene rings is 1. The fraction of sp³-hybridized carbons (Fsp3) is 0.250. The number of ether oxygens (including phenoxy) is 1. The summed E-state index contributed by atoms with van der Waals surface area (Å²) in [6.45, 7) is 6.28. The molecule has 3 aromatic rings. The van der Waals surface area contributed by atoms with Gasteiger partial charge in [-0.15, -0.1) is 0 Å². The first-order chi connectivity index (χ1) is 10.0. The van der Waals surface area contributed by atoms with Gasteiger partial charge < -0.3 is 4.74 Å². The van der Waals surface area contributed by atoms with Gasteiger partial charge in [0.2, 0.25) is 5.88 Å². The SMILES string of the molecule is Cc1ccc(Oc2nccn3nc(C(C)C)cc23)c(Br)c1. The molecule has 0 fully saturated rings. The molecule has 0 saturated carbocycles. The maximum atomic E-state index is 5.95. The summed E-state index contributed by atoms with van der Waals surface area (Å²) in [6.07, 6.45) is 3.53. The highest BCUT2D eigenvalue weighted by Crippen LogP contribution is 2.31. The number of fused-ring (bicyclic) bond motifs is 1. The van der Waals surface area contributed by atoms with Gasteiger partial charge in [-0.1, -0.05) is 19.9 Å². The lowest BCUT2D eigenvalue weighted by Crippen LogP contribution is -1.95. The Morgan fingerprint density at radius 2 is 2.05 bits per heavy atom. The lowest BCUT2D eigenvalue weighted by Gasteiger charge is -2.08. The minimum Gasteiger partial charge on any atom is -0.436 e. The van der Waals surface area contributed by atoms with Crippen LogP contribution in [-0.4, -0.2) is 14.6 Å². The van der Waals surface area contributed by atoms with Crippen molar-refractivity contribution in [1.29, 1.82) is 0 Å². The van der Waals surface area contributed by atoms with Crippen molar-refractivity contribution in [2.45, 2.75) is 26.7 Å². The molecule has 5 heteroatoms. The highest BCUT2D eigenvalue weighted by atomic mass is 79.9. The van der Waals surface area contributed by atoms with E-state index in [4.69, 9.17) is 4.74 Å². The van der Waals surface area contributed by atoms with Crippen LogP contribution < -0.4 is 4.74 Å². The van der Waals surface area contributed by atoms with E-state index < -0.39 is 0 Å². The van der Waals surface area contributed by atoms with Gasteiger partial charge in [-0.2, -0.15) is 5.10 Å². The molecule has 0 aliphatic rings. The Morgan fingerprint density at radius 1 is 1.24 bits per heavy atom. The first-order valence-corrected chi connectivity index (χ1v) is 7.62.